The van der Waals surface area contributed by atoms with Gasteiger partial charge >= 0.3 is 0 Å². The molecule has 2 aliphatic rings. The van der Waals surface area contributed by atoms with Gasteiger partial charge in [-0.1, -0.05) is 64.0 Å². The summed E-state index contributed by atoms with van der Waals surface area (Å²) in [5, 5.41) is 0. The van der Waals surface area contributed by atoms with Crippen LogP contribution in [0.15, 0.2) is 56.7 Å². The van der Waals surface area contributed by atoms with Gasteiger partial charge in [0.1, 0.15) is 0 Å². The number of hydrogen-bond acceptors (Lipinski definition) is 1. The number of nitrogens with zero attached hydrogens (tertiary/aromatic N) is 1. The van der Waals surface area contributed by atoms with Crippen molar-refractivity contribution in [1.29, 1.82) is 0 Å². The zero-order valence-corrected chi connectivity index (χ0v) is 16.2. The first kappa shape index (κ1) is 23.5. The summed E-state index contributed by atoms with van der Waals surface area (Å²) in [6.07, 6.45) is 3.50. The monoisotopic (exact) mass is 329 g/mol. The lowest BCUT2D eigenvalue weighted by atomic mass is 10.0. The van der Waals surface area contributed by atoms with Crippen LogP contribution in [-0.4, -0.2) is 22.6 Å². The van der Waals surface area contributed by atoms with Gasteiger partial charge < -0.3 is 4.90 Å². The van der Waals surface area contributed by atoms with Crippen LogP contribution in [0, 0.1) is 0 Å². The standard InChI is InChI=1S/C12H11N.2C3H6.C2H8Si.CH4/c1-8-6-13-7-9(2)11-5-3-4-10(8)12(11)13;3*1-3-2;/h3-5H,1-2,6-7H2;2*3H,1H2,2H3;3H2,1-2H3;1H4. The van der Waals surface area contributed by atoms with Crippen molar-refractivity contribution in [3.8, 4) is 0 Å². The minimum atomic E-state index is 0. The molecule has 0 aromatic heterocycles. The van der Waals surface area contributed by atoms with E-state index in [0.717, 1.165) is 13.1 Å². The topological polar surface area (TPSA) is 3.24 Å². The van der Waals surface area contributed by atoms with Gasteiger partial charge in [0.25, 0.3) is 0 Å². The highest BCUT2D eigenvalue weighted by Gasteiger charge is 2.30. The van der Waals surface area contributed by atoms with E-state index in [2.05, 4.69) is 62.5 Å². The molecule has 1 aromatic carbocycles. The van der Waals surface area contributed by atoms with Crippen molar-refractivity contribution in [1.82, 2.24) is 0 Å². The molecular weight excluding hydrogens is 294 g/mol. The first-order valence-corrected chi connectivity index (χ1v) is 10.7. The van der Waals surface area contributed by atoms with Gasteiger partial charge in [0.15, 0.2) is 0 Å². The van der Waals surface area contributed by atoms with Gasteiger partial charge in [0.2, 0.25) is 0 Å². The summed E-state index contributed by atoms with van der Waals surface area (Å²) in [5.41, 5.74) is 6.47. The van der Waals surface area contributed by atoms with Crippen LogP contribution in [-0.2, 0) is 0 Å². The molecule has 0 fully saturated rings. The van der Waals surface area contributed by atoms with E-state index in [-0.39, 0.29) is 7.43 Å². The lowest BCUT2D eigenvalue weighted by molar-refractivity contribution is 1.04. The highest BCUT2D eigenvalue weighted by molar-refractivity contribution is 6.31. The Morgan fingerprint density at radius 1 is 0.957 bits per heavy atom. The second-order valence-electron chi connectivity index (χ2n) is 5.29. The third-order valence-corrected chi connectivity index (χ3v) is 2.88. The van der Waals surface area contributed by atoms with E-state index >= 15 is 0 Å². The summed E-state index contributed by atoms with van der Waals surface area (Å²) in [6.45, 7) is 25.1. The first-order chi connectivity index (χ1) is 10.5. The minimum Gasteiger partial charge on any atom is -0.362 e. The van der Waals surface area contributed by atoms with Crippen molar-refractivity contribution in [2.75, 3.05) is 18.0 Å². The van der Waals surface area contributed by atoms with E-state index in [1.807, 2.05) is 13.8 Å². The zero-order chi connectivity index (χ0) is 17.1. The van der Waals surface area contributed by atoms with E-state index in [9.17, 15) is 0 Å². The molecule has 2 aliphatic heterocycles. The predicted molar refractivity (Wildman–Crippen MR) is 115 cm³/mol. The fourth-order valence-corrected chi connectivity index (χ4v) is 2.30. The predicted octanol–water partition coefficient (Wildman–Crippen LogP) is 5.82. The molecule has 3 rings (SSSR count). The molecule has 0 saturated carbocycles. The largest absolute Gasteiger partial charge is 0.362 e. The molecule has 1 nitrogen and oxygen atoms in total. The number of benzene rings is 1. The summed E-state index contributed by atoms with van der Waals surface area (Å²) >= 11 is 0. The van der Waals surface area contributed by atoms with Gasteiger partial charge in [0.05, 0.1) is 5.69 Å². The minimum absolute atomic E-state index is 0. The van der Waals surface area contributed by atoms with E-state index in [1.54, 1.807) is 12.2 Å². The van der Waals surface area contributed by atoms with Gasteiger partial charge in [-0.2, -0.15) is 0 Å². The molecule has 23 heavy (non-hydrogen) atoms. The fraction of sp³-hybridized carbons (Fsp3) is 0.333. The Labute approximate surface area is 146 Å². The number of anilines is 1. The third-order valence-electron chi connectivity index (χ3n) is 2.88. The first-order valence-electron chi connectivity index (χ1n) is 7.90. The Morgan fingerprint density at radius 2 is 1.26 bits per heavy atom. The highest BCUT2D eigenvalue weighted by atomic mass is 28.2. The second-order valence-corrected chi connectivity index (χ2v) is 6.70. The van der Waals surface area contributed by atoms with Gasteiger partial charge in [-0.05, 0) is 25.0 Å². The Balaban J connectivity index is 0. The molecule has 0 unspecified atom stereocenters. The number of hydrogen-bond donors (Lipinski definition) is 0. The number of allylic oxidation sites excluding steroid dienone is 2. The summed E-state index contributed by atoms with van der Waals surface area (Å²) in [4.78, 5) is 2.36. The molecule has 0 radical (unpaired) electrons. The third kappa shape index (κ3) is 6.45. The Morgan fingerprint density at radius 3 is 1.57 bits per heavy atom. The van der Waals surface area contributed by atoms with E-state index in [0.29, 0.717) is 9.52 Å². The van der Waals surface area contributed by atoms with Crippen LogP contribution in [0.2, 0.25) is 13.1 Å². The van der Waals surface area contributed by atoms with Crippen molar-refractivity contribution >= 4 is 26.4 Å². The molecule has 0 bridgehead atoms. The number of rotatable bonds is 0. The van der Waals surface area contributed by atoms with Crippen molar-refractivity contribution in [3.63, 3.8) is 0 Å². The van der Waals surface area contributed by atoms with Crippen molar-refractivity contribution in [3.05, 3.63) is 67.8 Å². The molecule has 0 spiro atoms. The van der Waals surface area contributed by atoms with Gasteiger partial charge in [-0.15, -0.1) is 13.2 Å². The van der Waals surface area contributed by atoms with E-state index in [1.165, 1.54) is 28.0 Å². The summed E-state index contributed by atoms with van der Waals surface area (Å²) < 4.78 is 0. The molecular formula is C21H35NSi. The lowest BCUT2D eigenvalue weighted by Gasteiger charge is -2.09. The Hall–Kier alpha value is -1.80. The molecule has 2 heteroatoms. The summed E-state index contributed by atoms with van der Waals surface area (Å²) in [7, 11) is 0.417. The Kier molecular flexibility index (Phi) is 13.0. The van der Waals surface area contributed by atoms with Crippen LogP contribution in [0.25, 0.3) is 11.1 Å². The van der Waals surface area contributed by atoms with Crippen molar-refractivity contribution < 1.29 is 0 Å². The van der Waals surface area contributed by atoms with Crippen molar-refractivity contribution in [2.45, 2.75) is 34.4 Å². The van der Waals surface area contributed by atoms with E-state index in [4.69, 9.17) is 0 Å². The molecule has 0 saturated heterocycles. The molecule has 128 valence electrons. The summed E-state index contributed by atoms with van der Waals surface area (Å²) in [6, 6.07) is 6.40. The normalized spacial score (nSPS) is 12.3. The SMILES string of the molecule is C.C=C1CN2CC(=C)c3cccc1c32.C=CC.C=CC.C[SiH2]C. The molecule has 0 atom stereocenters. The summed E-state index contributed by atoms with van der Waals surface area (Å²) in [5.74, 6) is 0. The van der Waals surface area contributed by atoms with Crippen LogP contribution in [0.3, 0.4) is 0 Å². The van der Waals surface area contributed by atoms with E-state index < -0.39 is 0 Å². The zero-order valence-electron chi connectivity index (χ0n) is 14.8. The smallest absolute Gasteiger partial charge is 0.0526 e. The molecule has 2 heterocycles. The maximum Gasteiger partial charge on any atom is 0.0526 e. The van der Waals surface area contributed by atoms with Crippen molar-refractivity contribution in [2.24, 2.45) is 0 Å². The average Bonchev–Trinajstić information content (AvgIpc) is 2.94. The quantitative estimate of drug-likeness (QED) is 0.428. The number of para-hydroxylation sites is 1. The molecule has 1 aromatic rings. The molecule has 0 aliphatic carbocycles. The van der Waals surface area contributed by atoms with Gasteiger partial charge in [-0.3, -0.25) is 0 Å². The Bertz CT molecular complexity index is 486. The fourth-order valence-electron chi connectivity index (χ4n) is 2.30. The highest BCUT2D eigenvalue weighted by Crippen LogP contribution is 2.44. The van der Waals surface area contributed by atoms with Crippen LogP contribution in [0.1, 0.15) is 32.4 Å². The molecule has 0 amide bonds. The second kappa shape index (κ2) is 12.7. The van der Waals surface area contributed by atoms with Crippen LogP contribution >= 0.6 is 0 Å². The van der Waals surface area contributed by atoms with Crippen LogP contribution < -0.4 is 4.90 Å². The average molecular weight is 330 g/mol. The van der Waals surface area contributed by atoms with Crippen LogP contribution in [0.4, 0.5) is 5.69 Å². The molecule has 0 N–H and O–H groups in total. The lowest BCUT2D eigenvalue weighted by Crippen LogP contribution is -2.16. The van der Waals surface area contributed by atoms with Gasteiger partial charge in [-0.25, -0.2) is 0 Å². The maximum absolute atomic E-state index is 4.07. The maximum atomic E-state index is 4.07. The van der Waals surface area contributed by atoms with Crippen LogP contribution in [0.5, 0.6) is 0 Å². The van der Waals surface area contributed by atoms with Gasteiger partial charge in [0, 0.05) is 33.7 Å².